The Bertz CT molecular complexity index is 336. The fourth-order valence-electron chi connectivity index (χ4n) is 1.67. The predicted octanol–water partition coefficient (Wildman–Crippen LogP) is 2.20. The molecule has 2 rings (SSSR count). The fraction of sp³-hybridized carbons (Fsp3) is 0.538. The van der Waals surface area contributed by atoms with Gasteiger partial charge in [-0.2, -0.15) is 0 Å². The van der Waals surface area contributed by atoms with Crippen LogP contribution in [0.2, 0.25) is 0 Å². The Kier molecular flexibility index (Phi) is 3.67. The van der Waals surface area contributed by atoms with Gasteiger partial charge in [-0.25, -0.2) is 0 Å². The summed E-state index contributed by atoms with van der Waals surface area (Å²) in [4.78, 5) is 0. The number of benzene rings is 1. The van der Waals surface area contributed by atoms with Crippen LogP contribution in [0.1, 0.15) is 19.8 Å². The summed E-state index contributed by atoms with van der Waals surface area (Å²) in [6, 6.07) is 7.88. The maximum atomic E-state index is 5.97. The van der Waals surface area contributed by atoms with Crippen molar-refractivity contribution in [3.05, 3.63) is 24.3 Å². The van der Waals surface area contributed by atoms with E-state index in [0.717, 1.165) is 11.5 Å². The molecule has 1 aromatic carbocycles. The van der Waals surface area contributed by atoms with E-state index in [1.807, 2.05) is 31.2 Å². The standard InChI is InChI=1S/C13H19NO2/c1-2-15-11-4-3-5-12(8-11)16-9-13(14)10-6-7-10/h3-5,8,10,13H,2,6-7,9,14H2,1H3. The molecule has 0 aliphatic heterocycles. The highest BCUT2D eigenvalue weighted by Gasteiger charge is 2.28. The second-order valence-electron chi connectivity index (χ2n) is 4.22. The summed E-state index contributed by atoms with van der Waals surface area (Å²) in [7, 11) is 0. The average Bonchev–Trinajstić information content (AvgIpc) is 3.11. The Balaban J connectivity index is 1.85. The molecule has 1 fully saturated rings. The quantitative estimate of drug-likeness (QED) is 0.801. The Morgan fingerprint density at radius 2 is 2.00 bits per heavy atom. The van der Waals surface area contributed by atoms with Crippen LogP contribution in [0, 0.1) is 5.92 Å². The molecule has 2 N–H and O–H groups in total. The first-order valence-corrected chi connectivity index (χ1v) is 5.91. The molecule has 0 radical (unpaired) electrons. The summed E-state index contributed by atoms with van der Waals surface area (Å²) in [5.74, 6) is 2.36. The van der Waals surface area contributed by atoms with E-state index in [0.29, 0.717) is 19.1 Å². The lowest BCUT2D eigenvalue weighted by atomic mass is 10.2. The number of hydrogen-bond donors (Lipinski definition) is 1. The smallest absolute Gasteiger partial charge is 0.123 e. The molecule has 3 heteroatoms. The Morgan fingerprint density at radius 1 is 1.31 bits per heavy atom. The zero-order valence-electron chi connectivity index (χ0n) is 9.69. The van der Waals surface area contributed by atoms with Gasteiger partial charge in [0.05, 0.1) is 6.61 Å². The summed E-state index contributed by atoms with van der Waals surface area (Å²) in [6.45, 7) is 3.24. The first kappa shape index (κ1) is 11.3. The zero-order chi connectivity index (χ0) is 11.4. The first-order chi connectivity index (χ1) is 7.79. The largest absolute Gasteiger partial charge is 0.494 e. The molecular weight excluding hydrogens is 202 g/mol. The van der Waals surface area contributed by atoms with Crippen molar-refractivity contribution in [2.75, 3.05) is 13.2 Å². The maximum absolute atomic E-state index is 5.97. The molecule has 1 atom stereocenters. The van der Waals surface area contributed by atoms with Crippen molar-refractivity contribution in [3.8, 4) is 11.5 Å². The molecule has 1 unspecified atom stereocenters. The van der Waals surface area contributed by atoms with Gasteiger partial charge in [-0.1, -0.05) is 6.07 Å². The summed E-state index contributed by atoms with van der Waals surface area (Å²) < 4.78 is 11.1. The lowest BCUT2D eigenvalue weighted by Gasteiger charge is -2.12. The van der Waals surface area contributed by atoms with Crippen molar-refractivity contribution in [1.29, 1.82) is 0 Å². The van der Waals surface area contributed by atoms with Crippen LogP contribution in [0.3, 0.4) is 0 Å². The van der Waals surface area contributed by atoms with Gasteiger partial charge in [-0.3, -0.25) is 0 Å². The molecule has 0 amide bonds. The highest BCUT2D eigenvalue weighted by Crippen LogP contribution is 2.31. The molecule has 0 spiro atoms. The third-order valence-electron chi connectivity index (χ3n) is 2.79. The maximum Gasteiger partial charge on any atom is 0.123 e. The van der Waals surface area contributed by atoms with Crippen molar-refractivity contribution in [3.63, 3.8) is 0 Å². The first-order valence-electron chi connectivity index (χ1n) is 5.91. The van der Waals surface area contributed by atoms with E-state index in [2.05, 4.69) is 0 Å². The third-order valence-corrected chi connectivity index (χ3v) is 2.79. The number of nitrogens with two attached hydrogens (primary N) is 1. The summed E-state index contributed by atoms with van der Waals surface area (Å²) in [6.07, 6.45) is 2.51. The molecule has 16 heavy (non-hydrogen) atoms. The lowest BCUT2D eigenvalue weighted by molar-refractivity contribution is 0.273. The van der Waals surface area contributed by atoms with Crippen molar-refractivity contribution in [1.82, 2.24) is 0 Å². The minimum absolute atomic E-state index is 0.177. The SMILES string of the molecule is CCOc1cccc(OCC(N)C2CC2)c1. The summed E-state index contributed by atoms with van der Waals surface area (Å²) >= 11 is 0. The van der Waals surface area contributed by atoms with Gasteiger partial charge < -0.3 is 15.2 Å². The van der Waals surface area contributed by atoms with Crippen LogP contribution in [-0.4, -0.2) is 19.3 Å². The number of rotatable bonds is 6. The van der Waals surface area contributed by atoms with Gasteiger partial charge in [0.15, 0.2) is 0 Å². The van der Waals surface area contributed by atoms with E-state index in [1.54, 1.807) is 0 Å². The Labute approximate surface area is 96.5 Å². The van der Waals surface area contributed by atoms with E-state index >= 15 is 0 Å². The topological polar surface area (TPSA) is 44.5 Å². The predicted molar refractivity (Wildman–Crippen MR) is 63.8 cm³/mol. The molecule has 0 aromatic heterocycles. The van der Waals surface area contributed by atoms with Crippen LogP contribution in [-0.2, 0) is 0 Å². The Morgan fingerprint density at radius 3 is 2.62 bits per heavy atom. The molecule has 1 aliphatic rings. The average molecular weight is 221 g/mol. The summed E-state index contributed by atoms with van der Waals surface area (Å²) in [5.41, 5.74) is 5.97. The second kappa shape index (κ2) is 5.21. The van der Waals surface area contributed by atoms with Crippen molar-refractivity contribution in [2.45, 2.75) is 25.8 Å². The number of ether oxygens (including phenoxy) is 2. The van der Waals surface area contributed by atoms with Crippen LogP contribution in [0.4, 0.5) is 0 Å². The molecule has 1 aliphatic carbocycles. The highest BCUT2D eigenvalue weighted by molar-refractivity contribution is 5.32. The van der Waals surface area contributed by atoms with Gasteiger partial charge in [0, 0.05) is 12.1 Å². The van der Waals surface area contributed by atoms with E-state index < -0.39 is 0 Å². The molecule has 0 bridgehead atoms. The minimum Gasteiger partial charge on any atom is -0.494 e. The zero-order valence-corrected chi connectivity index (χ0v) is 9.69. The van der Waals surface area contributed by atoms with Gasteiger partial charge in [-0.05, 0) is 37.8 Å². The van der Waals surface area contributed by atoms with Crippen molar-refractivity contribution < 1.29 is 9.47 Å². The lowest BCUT2D eigenvalue weighted by Crippen LogP contribution is -2.29. The molecule has 0 saturated heterocycles. The van der Waals surface area contributed by atoms with Crippen LogP contribution in [0.5, 0.6) is 11.5 Å². The van der Waals surface area contributed by atoms with Crippen molar-refractivity contribution >= 4 is 0 Å². The monoisotopic (exact) mass is 221 g/mol. The third kappa shape index (κ3) is 3.14. The van der Waals surface area contributed by atoms with Gasteiger partial charge in [0.25, 0.3) is 0 Å². The van der Waals surface area contributed by atoms with Crippen LogP contribution in [0.15, 0.2) is 24.3 Å². The minimum atomic E-state index is 0.177. The van der Waals surface area contributed by atoms with Crippen LogP contribution < -0.4 is 15.2 Å². The molecule has 3 nitrogen and oxygen atoms in total. The normalized spacial score (nSPS) is 16.9. The van der Waals surface area contributed by atoms with Crippen LogP contribution in [0.25, 0.3) is 0 Å². The second-order valence-corrected chi connectivity index (χ2v) is 4.22. The van der Waals surface area contributed by atoms with Gasteiger partial charge in [0.2, 0.25) is 0 Å². The van der Waals surface area contributed by atoms with Crippen molar-refractivity contribution in [2.24, 2.45) is 11.7 Å². The molecule has 1 aromatic rings. The van der Waals surface area contributed by atoms with Gasteiger partial charge in [-0.15, -0.1) is 0 Å². The van der Waals surface area contributed by atoms with E-state index in [1.165, 1.54) is 12.8 Å². The van der Waals surface area contributed by atoms with E-state index in [4.69, 9.17) is 15.2 Å². The van der Waals surface area contributed by atoms with Gasteiger partial charge in [0.1, 0.15) is 18.1 Å². The van der Waals surface area contributed by atoms with Gasteiger partial charge >= 0.3 is 0 Å². The van der Waals surface area contributed by atoms with Crippen LogP contribution >= 0.6 is 0 Å². The van der Waals surface area contributed by atoms with E-state index in [9.17, 15) is 0 Å². The van der Waals surface area contributed by atoms with E-state index in [-0.39, 0.29) is 6.04 Å². The highest BCUT2D eigenvalue weighted by atomic mass is 16.5. The molecule has 88 valence electrons. The molecular formula is C13H19NO2. The Hall–Kier alpha value is -1.22. The molecule has 1 saturated carbocycles. The fourth-order valence-corrected chi connectivity index (χ4v) is 1.67. The molecule has 0 heterocycles. The summed E-state index contributed by atoms with van der Waals surface area (Å²) in [5, 5.41) is 0. The number of hydrogen-bond acceptors (Lipinski definition) is 3.